The summed E-state index contributed by atoms with van der Waals surface area (Å²) in [6.45, 7) is 0. The van der Waals surface area contributed by atoms with Crippen molar-refractivity contribution in [2.75, 3.05) is 0 Å². The van der Waals surface area contributed by atoms with Gasteiger partial charge in [0.25, 0.3) is 0 Å². The molecule has 0 N–H and O–H groups in total. The van der Waals surface area contributed by atoms with Crippen LogP contribution in [-0.2, 0) is 13.5 Å². The molecule has 0 radical (unpaired) electrons. The van der Waals surface area contributed by atoms with Crippen LogP contribution in [0.3, 0.4) is 0 Å². The zero-order chi connectivity index (χ0) is 11.5. The highest BCUT2D eigenvalue weighted by atomic mass is 19.1. The molecule has 1 aromatic heterocycles. The summed E-state index contributed by atoms with van der Waals surface area (Å²) in [6, 6.07) is 5.86. The Morgan fingerprint density at radius 1 is 1.38 bits per heavy atom. The van der Waals surface area contributed by atoms with Crippen LogP contribution >= 0.6 is 0 Å². The van der Waals surface area contributed by atoms with Gasteiger partial charge in [-0.2, -0.15) is 0 Å². The fourth-order valence-electron chi connectivity index (χ4n) is 1.42. The molecule has 1 heterocycles. The molecule has 0 bridgehead atoms. The number of halogens is 1. The molecule has 2 aromatic rings. The number of hydrogen-bond acceptors (Lipinski definition) is 3. The standard InChI is InChI=1S/C11H10FN3O/c1-15-10(7-13-14-15)11(16)6-8-2-4-9(12)5-3-8/h2-5,7H,6H2,1H3. The highest BCUT2D eigenvalue weighted by Gasteiger charge is 2.11. The van der Waals surface area contributed by atoms with Gasteiger partial charge in [-0.1, -0.05) is 17.3 Å². The number of ketones is 1. The van der Waals surface area contributed by atoms with Crippen molar-refractivity contribution in [3.05, 3.63) is 47.5 Å². The molecule has 0 aliphatic carbocycles. The summed E-state index contributed by atoms with van der Waals surface area (Å²) in [6.07, 6.45) is 1.65. The maximum Gasteiger partial charge on any atom is 0.186 e. The van der Waals surface area contributed by atoms with Crippen molar-refractivity contribution in [1.82, 2.24) is 15.0 Å². The third-order valence-electron chi connectivity index (χ3n) is 2.28. The van der Waals surface area contributed by atoms with Gasteiger partial charge in [-0.25, -0.2) is 9.07 Å². The second-order valence-electron chi connectivity index (χ2n) is 3.47. The van der Waals surface area contributed by atoms with E-state index in [2.05, 4.69) is 10.3 Å². The second kappa shape index (κ2) is 4.22. The van der Waals surface area contributed by atoms with Gasteiger partial charge in [0.1, 0.15) is 11.5 Å². The normalized spacial score (nSPS) is 10.4. The molecule has 0 amide bonds. The minimum Gasteiger partial charge on any atom is -0.292 e. The third kappa shape index (κ3) is 2.13. The molecule has 0 atom stereocenters. The predicted octanol–water partition coefficient (Wildman–Crippen LogP) is 1.38. The maximum absolute atomic E-state index is 12.7. The van der Waals surface area contributed by atoms with Crippen LogP contribution in [0.1, 0.15) is 16.1 Å². The van der Waals surface area contributed by atoms with Gasteiger partial charge in [0.2, 0.25) is 0 Å². The molecule has 16 heavy (non-hydrogen) atoms. The van der Waals surface area contributed by atoms with E-state index < -0.39 is 0 Å². The molecule has 82 valence electrons. The van der Waals surface area contributed by atoms with E-state index in [9.17, 15) is 9.18 Å². The average Bonchev–Trinajstić information content (AvgIpc) is 2.68. The zero-order valence-corrected chi connectivity index (χ0v) is 8.72. The number of hydrogen-bond donors (Lipinski definition) is 0. The van der Waals surface area contributed by atoms with E-state index in [1.165, 1.54) is 23.0 Å². The van der Waals surface area contributed by atoms with Crippen LogP contribution in [0, 0.1) is 5.82 Å². The van der Waals surface area contributed by atoms with Crippen LogP contribution in [0.25, 0.3) is 0 Å². The van der Waals surface area contributed by atoms with E-state index in [0.29, 0.717) is 5.69 Å². The Labute approximate surface area is 91.7 Å². The summed E-state index contributed by atoms with van der Waals surface area (Å²) < 4.78 is 14.1. The first kappa shape index (κ1) is 10.5. The Hall–Kier alpha value is -2.04. The monoisotopic (exact) mass is 219 g/mol. The molecule has 0 saturated heterocycles. The minimum atomic E-state index is -0.307. The first-order chi connectivity index (χ1) is 7.66. The summed E-state index contributed by atoms with van der Waals surface area (Å²) in [4.78, 5) is 11.8. The lowest BCUT2D eigenvalue weighted by atomic mass is 10.1. The molecule has 1 aromatic carbocycles. The summed E-state index contributed by atoms with van der Waals surface area (Å²) in [5.74, 6) is -0.391. The number of rotatable bonds is 3. The molecular weight excluding hydrogens is 209 g/mol. The smallest absolute Gasteiger partial charge is 0.186 e. The number of nitrogens with zero attached hydrogens (tertiary/aromatic N) is 3. The Kier molecular flexibility index (Phi) is 2.76. The number of carbonyl (C=O) groups excluding carboxylic acids is 1. The Morgan fingerprint density at radius 3 is 2.62 bits per heavy atom. The van der Waals surface area contributed by atoms with Gasteiger partial charge in [0.15, 0.2) is 5.78 Å². The minimum absolute atomic E-state index is 0.0842. The van der Waals surface area contributed by atoms with Crippen LogP contribution in [0.4, 0.5) is 4.39 Å². The van der Waals surface area contributed by atoms with E-state index in [-0.39, 0.29) is 18.0 Å². The molecule has 5 heteroatoms. The molecular formula is C11H10FN3O. The Balaban J connectivity index is 2.14. The van der Waals surface area contributed by atoms with Crippen molar-refractivity contribution in [1.29, 1.82) is 0 Å². The lowest BCUT2D eigenvalue weighted by Gasteiger charge is -2.00. The van der Waals surface area contributed by atoms with Crippen LogP contribution in [0.15, 0.2) is 30.5 Å². The van der Waals surface area contributed by atoms with E-state index in [0.717, 1.165) is 5.56 Å². The predicted molar refractivity (Wildman–Crippen MR) is 55.4 cm³/mol. The molecule has 0 saturated carbocycles. The number of Topliss-reactive ketones (excluding diaryl/α,β-unsaturated/α-hetero) is 1. The maximum atomic E-state index is 12.7. The molecule has 4 nitrogen and oxygen atoms in total. The number of aromatic nitrogens is 3. The summed E-state index contributed by atoms with van der Waals surface area (Å²) in [7, 11) is 1.66. The molecule has 0 spiro atoms. The first-order valence-corrected chi connectivity index (χ1v) is 4.79. The highest BCUT2D eigenvalue weighted by molar-refractivity contribution is 5.95. The van der Waals surface area contributed by atoms with Gasteiger partial charge in [-0.05, 0) is 17.7 Å². The zero-order valence-electron chi connectivity index (χ0n) is 8.72. The fourth-order valence-corrected chi connectivity index (χ4v) is 1.42. The van der Waals surface area contributed by atoms with Crippen molar-refractivity contribution >= 4 is 5.78 Å². The fraction of sp³-hybridized carbons (Fsp3) is 0.182. The van der Waals surface area contributed by atoms with Crippen molar-refractivity contribution in [2.24, 2.45) is 7.05 Å². The number of aryl methyl sites for hydroxylation is 1. The van der Waals surface area contributed by atoms with Crippen molar-refractivity contribution in [3.63, 3.8) is 0 Å². The van der Waals surface area contributed by atoms with E-state index in [1.54, 1.807) is 19.2 Å². The molecule has 0 aliphatic rings. The van der Waals surface area contributed by atoms with Gasteiger partial charge >= 0.3 is 0 Å². The summed E-state index contributed by atoms with van der Waals surface area (Å²) >= 11 is 0. The topological polar surface area (TPSA) is 47.8 Å². The first-order valence-electron chi connectivity index (χ1n) is 4.79. The van der Waals surface area contributed by atoms with Crippen molar-refractivity contribution in [2.45, 2.75) is 6.42 Å². The van der Waals surface area contributed by atoms with E-state index in [1.807, 2.05) is 0 Å². The van der Waals surface area contributed by atoms with Crippen molar-refractivity contribution < 1.29 is 9.18 Å². The number of carbonyl (C=O) groups is 1. The molecule has 0 aliphatic heterocycles. The van der Waals surface area contributed by atoms with Gasteiger partial charge in [-0.15, -0.1) is 5.10 Å². The van der Waals surface area contributed by atoms with Crippen LogP contribution in [0.5, 0.6) is 0 Å². The van der Waals surface area contributed by atoms with Gasteiger partial charge in [-0.3, -0.25) is 4.79 Å². The van der Waals surface area contributed by atoms with Crippen LogP contribution in [-0.4, -0.2) is 20.8 Å². The van der Waals surface area contributed by atoms with E-state index in [4.69, 9.17) is 0 Å². The van der Waals surface area contributed by atoms with Crippen LogP contribution < -0.4 is 0 Å². The Morgan fingerprint density at radius 2 is 2.06 bits per heavy atom. The lowest BCUT2D eigenvalue weighted by molar-refractivity contribution is 0.0984. The quantitative estimate of drug-likeness (QED) is 0.733. The van der Waals surface area contributed by atoms with E-state index >= 15 is 0 Å². The van der Waals surface area contributed by atoms with Gasteiger partial charge in [0.05, 0.1) is 6.20 Å². The highest BCUT2D eigenvalue weighted by Crippen LogP contribution is 2.07. The number of benzene rings is 1. The summed E-state index contributed by atoms with van der Waals surface area (Å²) in [5, 5.41) is 7.31. The van der Waals surface area contributed by atoms with Gasteiger partial charge < -0.3 is 0 Å². The molecule has 2 rings (SSSR count). The Bertz CT molecular complexity index is 504. The largest absolute Gasteiger partial charge is 0.292 e. The van der Waals surface area contributed by atoms with Crippen molar-refractivity contribution in [3.8, 4) is 0 Å². The SMILES string of the molecule is Cn1nncc1C(=O)Cc1ccc(F)cc1. The molecule has 0 fully saturated rings. The third-order valence-corrected chi connectivity index (χ3v) is 2.28. The lowest BCUT2D eigenvalue weighted by Crippen LogP contribution is -2.09. The van der Waals surface area contributed by atoms with Gasteiger partial charge in [0, 0.05) is 13.5 Å². The second-order valence-corrected chi connectivity index (χ2v) is 3.47. The average molecular weight is 219 g/mol. The molecule has 0 unspecified atom stereocenters. The van der Waals surface area contributed by atoms with Crippen LogP contribution in [0.2, 0.25) is 0 Å². The summed E-state index contributed by atoms with van der Waals surface area (Å²) in [5.41, 5.74) is 1.22.